The summed E-state index contributed by atoms with van der Waals surface area (Å²) in [6.45, 7) is 4.03. The van der Waals surface area contributed by atoms with E-state index in [0.717, 1.165) is 15.6 Å². The highest BCUT2D eigenvalue weighted by atomic mass is 35.5. The largest absolute Gasteiger partial charge is 0.0843 e. The monoisotopic (exact) mass is 252 g/mol. The van der Waals surface area contributed by atoms with E-state index in [0.29, 0.717) is 0 Å². The van der Waals surface area contributed by atoms with Crippen molar-refractivity contribution in [2.45, 2.75) is 13.8 Å². The molecular formula is C14H14Cl2. The molecule has 0 heterocycles. The summed E-state index contributed by atoms with van der Waals surface area (Å²) in [5.74, 6) is 0. The Balaban J connectivity index is 0.000000160. The molecule has 0 aliphatic heterocycles. The van der Waals surface area contributed by atoms with Crippen LogP contribution in [0.15, 0.2) is 48.5 Å². The minimum absolute atomic E-state index is 0.801. The zero-order chi connectivity index (χ0) is 12.0. The van der Waals surface area contributed by atoms with Crippen LogP contribution in [-0.2, 0) is 0 Å². The maximum absolute atomic E-state index is 5.71. The van der Waals surface area contributed by atoms with E-state index in [-0.39, 0.29) is 0 Å². The molecule has 0 aromatic heterocycles. The first kappa shape index (κ1) is 13.1. The summed E-state index contributed by atoms with van der Waals surface area (Å²) in [6.07, 6.45) is 0. The van der Waals surface area contributed by atoms with Gasteiger partial charge in [-0.25, -0.2) is 0 Å². The molecule has 0 aliphatic carbocycles. The number of benzene rings is 2. The highest BCUT2D eigenvalue weighted by Gasteiger charge is 1.86. The lowest BCUT2D eigenvalue weighted by Crippen LogP contribution is -1.68. The molecule has 2 heteroatoms. The van der Waals surface area contributed by atoms with Gasteiger partial charge in [0.1, 0.15) is 0 Å². The average molecular weight is 253 g/mol. The summed E-state index contributed by atoms with van der Waals surface area (Å²) in [7, 11) is 0. The van der Waals surface area contributed by atoms with Crippen molar-refractivity contribution in [1.29, 1.82) is 0 Å². The lowest BCUT2D eigenvalue weighted by atomic mass is 10.2. The molecule has 0 saturated carbocycles. The van der Waals surface area contributed by atoms with E-state index in [1.165, 1.54) is 5.56 Å². The third-order valence-corrected chi connectivity index (χ3v) is 2.76. The van der Waals surface area contributed by atoms with Gasteiger partial charge in [-0.3, -0.25) is 0 Å². The second kappa shape index (κ2) is 6.57. The SMILES string of the molecule is Cc1ccc(Cl)cc1.Cc1ccccc1Cl. The van der Waals surface area contributed by atoms with Gasteiger partial charge in [-0.1, -0.05) is 59.1 Å². The van der Waals surface area contributed by atoms with Crippen LogP contribution in [0.1, 0.15) is 11.1 Å². The normalized spacial score (nSPS) is 9.25. The number of halogens is 2. The molecule has 0 nitrogen and oxygen atoms in total. The maximum Gasteiger partial charge on any atom is 0.0435 e. The van der Waals surface area contributed by atoms with Crippen LogP contribution in [0.2, 0.25) is 10.0 Å². The van der Waals surface area contributed by atoms with Gasteiger partial charge in [-0.15, -0.1) is 0 Å². The van der Waals surface area contributed by atoms with Crippen LogP contribution in [0.5, 0.6) is 0 Å². The van der Waals surface area contributed by atoms with Gasteiger partial charge >= 0.3 is 0 Å². The third kappa shape index (κ3) is 4.69. The minimum Gasteiger partial charge on any atom is -0.0843 e. The molecule has 2 aromatic rings. The van der Waals surface area contributed by atoms with Crippen LogP contribution in [0.3, 0.4) is 0 Å². The number of hydrogen-bond donors (Lipinski definition) is 0. The Kier molecular flexibility index (Phi) is 5.37. The molecule has 0 aliphatic rings. The van der Waals surface area contributed by atoms with Crippen molar-refractivity contribution in [2.24, 2.45) is 0 Å². The van der Waals surface area contributed by atoms with Crippen molar-refractivity contribution in [3.8, 4) is 0 Å². The second-order valence-corrected chi connectivity index (χ2v) is 4.39. The predicted octanol–water partition coefficient (Wildman–Crippen LogP) is 5.30. The van der Waals surface area contributed by atoms with Crippen molar-refractivity contribution in [2.75, 3.05) is 0 Å². The van der Waals surface area contributed by atoms with Gasteiger partial charge in [-0.2, -0.15) is 0 Å². The Morgan fingerprint density at radius 3 is 1.69 bits per heavy atom. The molecule has 2 rings (SSSR count). The fourth-order valence-corrected chi connectivity index (χ4v) is 1.35. The number of rotatable bonds is 0. The Morgan fingerprint density at radius 2 is 1.31 bits per heavy atom. The van der Waals surface area contributed by atoms with Gasteiger partial charge in [0.15, 0.2) is 0 Å². The molecular weight excluding hydrogens is 239 g/mol. The highest BCUT2D eigenvalue weighted by molar-refractivity contribution is 6.31. The molecule has 16 heavy (non-hydrogen) atoms. The summed E-state index contributed by atoms with van der Waals surface area (Å²) >= 11 is 11.3. The van der Waals surface area contributed by atoms with Gasteiger partial charge in [0.25, 0.3) is 0 Å². The van der Waals surface area contributed by atoms with Gasteiger partial charge in [-0.05, 0) is 37.6 Å². The van der Waals surface area contributed by atoms with Gasteiger partial charge < -0.3 is 0 Å². The van der Waals surface area contributed by atoms with Crippen LogP contribution in [-0.4, -0.2) is 0 Å². The Morgan fingerprint density at radius 1 is 0.750 bits per heavy atom. The van der Waals surface area contributed by atoms with Crippen molar-refractivity contribution in [1.82, 2.24) is 0 Å². The fourth-order valence-electron chi connectivity index (χ4n) is 1.08. The molecule has 0 unspecified atom stereocenters. The maximum atomic E-state index is 5.71. The molecule has 0 spiro atoms. The van der Waals surface area contributed by atoms with Crippen LogP contribution < -0.4 is 0 Å². The fraction of sp³-hybridized carbons (Fsp3) is 0.143. The first-order valence-electron chi connectivity index (χ1n) is 5.03. The summed E-state index contributed by atoms with van der Waals surface area (Å²) in [6, 6.07) is 15.5. The summed E-state index contributed by atoms with van der Waals surface area (Å²) in [5, 5.41) is 1.64. The van der Waals surface area contributed by atoms with E-state index >= 15 is 0 Å². The highest BCUT2D eigenvalue weighted by Crippen LogP contribution is 2.11. The van der Waals surface area contributed by atoms with Crippen molar-refractivity contribution < 1.29 is 0 Å². The summed E-state index contributed by atoms with van der Waals surface area (Å²) < 4.78 is 0. The van der Waals surface area contributed by atoms with Crippen LogP contribution in [0.4, 0.5) is 0 Å². The molecule has 0 fully saturated rings. The van der Waals surface area contributed by atoms with Crippen molar-refractivity contribution in [3.05, 3.63) is 69.7 Å². The third-order valence-electron chi connectivity index (χ3n) is 2.09. The zero-order valence-corrected chi connectivity index (χ0v) is 10.9. The Bertz CT molecular complexity index is 391. The van der Waals surface area contributed by atoms with Crippen LogP contribution in [0, 0.1) is 13.8 Å². The average Bonchev–Trinajstić information content (AvgIpc) is 2.28. The predicted molar refractivity (Wildman–Crippen MR) is 72.4 cm³/mol. The van der Waals surface area contributed by atoms with E-state index in [1.54, 1.807) is 0 Å². The lowest BCUT2D eigenvalue weighted by molar-refractivity contribution is 1.47. The first-order valence-corrected chi connectivity index (χ1v) is 5.78. The second-order valence-electron chi connectivity index (χ2n) is 3.54. The topological polar surface area (TPSA) is 0 Å². The van der Waals surface area contributed by atoms with Gasteiger partial charge in [0.2, 0.25) is 0 Å². The van der Waals surface area contributed by atoms with E-state index in [4.69, 9.17) is 23.2 Å². The van der Waals surface area contributed by atoms with Gasteiger partial charge in [0.05, 0.1) is 0 Å². The van der Waals surface area contributed by atoms with Crippen LogP contribution in [0.25, 0.3) is 0 Å². The summed E-state index contributed by atoms with van der Waals surface area (Å²) in [5.41, 5.74) is 2.38. The smallest absolute Gasteiger partial charge is 0.0435 e. The van der Waals surface area contributed by atoms with E-state index in [2.05, 4.69) is 0 Å². The zero-order valence-electron chi connectivity index (χ0n) is 9.37. The lowest BCUT2D eigenvalue weighted by Gasteiger charge is -1.90. The number of aryl methyl sites for hydroxylation is 2. The quantitative estimate of drug-likeness (QED) is 0.597. The van der Waals surface area contributed by atoms with Crippen molar-refractivity contribution in [3.63, 3.8) is 0 Å². The first-order chi connectivity index (χ1) is 7.59. The molecule has 0 amide bonds. The van der Waals surface area contributed by atoms with Gasteiger partial charge in [0, 0.05) is 10.0 Å². The Labute approximate surface area is 107 Å². The molecule has 2 aromatic carbocycles. The molecule has 0 N–H and O–H groups in total. The minimum atomic E-state index is 0.801. The molecule has 0 radical (unpaired) electrons. The molecule has 0 bridgehead atoms. The van der Waals surface area contributed by atoms with E-state index < -0.39 is 0 Å². The molecule has 0 atom stereocenters. The standard InChI is InChI=1S/2C7H7Cl/c1-6-2-4-7(8)5-3-6;1-6-4-2-3-5-7(6)8/h2*2-5H,1H3. The van der Waals surface area contributed by atoms with E-state index in [9.17, 15) is 0 Å². The number of hydrogen-bond acceptors (Lipinski definition) is 0. The van der Waals surface area contributed by atoms with Crippen LogP contribution >= 0.6 is 23.2 Å². The van der Waals surface area contributed by atoms with E-state index in [1.807, 2.05) is 62.4 Å². The molecule has 84 valence electrons. The molecule has 0 saturated heterocycles. The summed E-state index contributed by atoms with van der Waals surface area (Å²) in [4.78, 5) is 0. The van der Waals surface area contributed by atoms with Crippen molar-refractivity contribution >= 4 is 23.2 Å². The Hall–Kier alpha value is -0.980.